The molecule has 180 valence electrons. The molecule has 0 radical (unpaired) electrons. The molecule has 1 aromatic heterocycles. The highest BCUT2D eigenvalue weighted by Gasteiger charge is 2.36. The molecule has 33 heavy (non-hydrogen) atoms. The molecule has 2 N–H and O–H groups in total. The van der Waals surface area contributed by atoms with Crippen LogP contribution in [-0.2, 0) is 21.2 Å². The molecule has 2 aromatic rings. The molecule has 1 aromatic carbocycles. The molecular formula is C20H24Cl2IN5O4S. The zero-order valence-electron chi connectivity index (χ0n) is 18.0. The SMILES string of the molecule is COc1nc(NCCc2ccc(Cl)cc2Cl)cc(N2CCCC(C(=O)NS(C)(=O)=O)C2I)n1. The predicted octanol–water partition coefficient (Wildman–Crippen LogP) is 3.50. The molecule has 0 saturated carbocycles. The van der Waals surface area contributed by atoms with Crippen molar-refractivity contribution >= 4 is 73.4 Å². The minimum Gasteiger partial charge on any atom is -0.467 e. The number of piperidine rings is 1. The van der Waals surface area contributed by atoms with E-state index in [4.69, 9.17) is 27.9 Å². The van der Waals surface area contributed by atoms with Gasteiger partial charge in [-0.25, -0.2) is 8.42 Å². The van der Waals surface area contributed by atoms with Crippen molar-refractivity contribution in [1.29, 1.82) is 0 Å². The Labute approximate surface area is 216 Å². The third-order valence-corrected chi connectivity index (χ3v) is 7.75. The number of benzene rings is 1. The predicted molar refractivity (Wildman–Crippen MR) is 138 cm³/mol. The Kier molecular flexibility index (Phi) is 8.87. The number of methoxy groups -OCH3 is 1. The summed E-state index contributed by atoms with van der Waals surface area (Å²) >= 11 is 14.4. The lowest BCUT2D eigenvalue weighted by Crippen LogP contribution is -2.49. The van der Waals surface area contributed by atoms with E-state index in [0.717, 1.165) is 11.8 Å². The third kappa shape index (κ3) is 7.20. The maximum absolute atomic E-state index is 12.5. The number of carbonyl (C=O) groups excluding carboxylic acids is 1. The van der Waals surface area contributed by atoms with Gasteiger partial charge in [0.15, 0.2) is 0 Å². The smallest absolute Gasteiger partial charge is 0.320 e. The number of amides is 1. The van der Waals surface area contributed by atoms with Gasteiger partial charge in [-0.3, -0.25) is 9.52 Å². The van der Waals surface area contributed by atoms with Gasteiger partial charge in [0.05, 0.1) is 23.3 Å². The largest absolute Gasteiger partial charge is 0.467 e. The Bertz CT molecular complexity index is 1120. The quantitative estimate of drug-likeness (QED) is 0.260. The number of rotatable bonds is 8. The second-order valence-electron chi connectivity index (χ2n) is 7.56. The highest BCUT2D eigenvalue weighted by molar-refractivity contribution is 14.1. The van der Waals surface area contributed by atoms with Gasteiger partial charge in [-0.15, -0.1) is 0 Å². The lowest BCUT2D eigenvalue weighted by Gasteiger charge is -2.38. The number of anilines is 2. The van der Waals surface area contributed by atoms with E-state index in [1.807, 2.05) is 11.0 Å². The normalized spacial score (nSPS) is 18.6. The number of ether oxygens (including phenoxy) is 1. The Morgan fingerprint density at radius 3 is 2.73 bits per heavy atom. The molecule has 0 spiro atoms. The molecule has 9 nitrogen and oxygen atoms in total. The molecule has 0 aliphatic carbocycles. The molecule has 1 aliphatic heterocycles. The van der Waals surface area contributed by atoms with Crippen molar-refractivity contribution in [3.63, 3.8) is 0 Å². The first kappa shape index (κ1) is 26.0. The summed E-state index contributed by atoms with van der Waals surface area (Å²) in [4.78, 5) is 23.3. The maximum atomic E-state index is 12.5. The van der Waals surface area contributed by atoms with Gasteiger partial charge < -0.3 is 15.0 Å². The number of hydrogen-bond donors (Lipinski definition) is 2. The Balaban J connectivity index is 1.74. The van der Waals surface area contributed by atoms with Crippen LogP contribution in [0, 0.1) is 5.92 Å². The second kappa shape index (κ2) is 11.2. The highest BCUT2D eigenvalue weighted by atomic mass is 127. The van der Waals surface area contributed by atoms with E-state index < -0.39 is 21.8 Å². The molecule has 2 atom stereocenters. The fourth-order valence-electron chi connectivity index (χ4n) is 3.51. The van der Waals surface area contributed by atoms with Crippen molar-refractivity contribution < 1.29 is 17.9 Å². The van der Waals surface area contributed by atoms with Crippen LogP contribution in [0.25, 0.3) is 0 Å². The van der Waals surface area contributed by atoms with E-state index in [0.29, 0.717) is 54.0 Å². The summed E-state index contributed by atoms with van der Waals surface area (Å²) < 4.78 is 30.1. The number of halogens is 3. The van der Waals surface area contributed by atoms with Crippen molar-refractivity contribution in [1.82, 2.24) is 14.7 Å². The Hall–Kier alpha value is -1.57. The first-order valence-electron chi connectivity index (χ1n) is 10.1. The summed E-state index contributed by atoms with van der Waals surface area (Å²) in [6, 6.07) is 7.35. The van der Waals surface area contributed by atoms with Crippen LogP contribution in [0.2, 0.25) is 10.0 Å². The van der Waals surface area contributed by atoms with Crippen molar-refractivity contribution in [3.8, 4) is 6.01 Å². The maximum Gasteiger partial charge on any atom is 0.320 e. The zero-order valence-corrected chi connectivity index (χ0v) is 22.5. The van der Waals surface area contributed by atoms with Gasteiger partial charge in [-0.1, -0.05) is 51.9 Å². The number of alkyl halides is 1. The van der Waals surface area contributed by atoms with Crippen LogP contribution in [0.15, 0.2) is 24.3 Å². The summed E-state index contributed by atoms with van der Waals surface area (Å²) in [6.07, 6.45) is 2.92. The summed E-state index contributed by atoms with van der Waals surface area (Å²) in [7, 11) is -2.15. The monoisotopic (exact) mass is 627 g/mol. The van der Waals surface area contributed by atoms with Crippen molar-refractivity contribution in [2.45, 2.75) is 23.3 Å². The molecule has 0 bridgehead atoms. The minimum absolute atomic E-state index is 0.186. The lowest BCUT2D eigenvalue weighted by atomic mass is 9.97. The van der Waals surface area contributed by atoms with Crippen LogP contribution in [-0.4, -0.2) is 54.8 Å². The molecule has 2 unspecified atom stereocenters. The molecular weight excluding hydrogens is 604 g/mol. The molecule has 2 heterocycles. The number of nitrogens with one attached hydrogen (secondary N) is 2. The van der Waals surface area contributed by atoms with E-state index in [9.17, 15) is 13.2 Å². The van der Waals surface area contributed by atoms with Gasteiger partial charge in [0.25, 0.3) is 0 Å². The summed E-state index contributed by atoms with van der Waals surface area (Å²) in [5.41, 5.74) is 0.956. The third-order valence-electron chi connectivity index (χ3n) is 5.05. The first-order chi connectivity index (χ1) is 15.6. The second-order valence-corrected chi connectivity index (χ2v) is 11.4. The number of nitrogens with zero attached hydrogens (tertiary/aromatic N) is 3. The summed E-state index contributed by atoms with van der Waals surface area (Å²) in [6.45, 7) is 1.23. The van der Waals surface area contributed by atoms with Gasteiger partial charge in [0, 0.05) is 29.2 Å². The van der Waals surface area contributed by atoms with E-state index in [2.05, 4.69) is 42.6 Å². The fraction of sp³-hybridized carbons (Fsp3) is 0.450. The van der Waals surface area contributed by atoms with Crippen LogP contribution in [0.1, 0.15) is 18.4 Å². The van der Waals surface area contributed by atoms with Gasteiger partial charge in [0.1, 0.15) is 11.6 Å². The standard InChI is InChI=1S/C20H24Cl2IN5O4S/c1-32-20-25-16(24-8-7-12-5-6-13(21)10-15(12)22)11-17(26-20)28-9-3-4-14(18(28)23)19(29)27-33(2,30)31/h5-6,10-11,14,18H,3-4,7-9H2,1-2H3,(H,27,29)(H,24,25,26). The number of sulfonamides is 1. The van der Waals surface area contributed by atoms with E-state index in [-0.39, 0.29) is 10.1 Å². The molecule has 3 rings (SSSR count). The van der Waals surface area contributed by atoms with Crippen LogP contribution < -0.4 is 19.7 Å². The molecule has 13 heteroatoms. The van der Waals surface area contributed by atoms with E-state index >= 15 is 0 Å². The van der Waals surface area contributed by atoms with Gasteiger partial charge in [0.2, 0.25) is 15.9 Å². The number of carbonyl (C=O) groups is 1. The average molecular weight is 628 g/mol. The van der Waals surface area contributed by atoms with Gasteiger partial charge in [-0.2, -0.15) is 9.97 Å². The number of aromatic nitrogens is 2. The molecule has 1 amide bonds. The molecule has 1 fully saturated rings. The van der Waals surface area contributed by atoms with Gasteiger partial charge in [-0.05, 0) is 37.0 Å². The molecule has 1 saturated heterocycles. The van der Waals surface area contributed by atoms with Crippen LogP contribution >= 0.6 is 45.8 Å². The minimum atomic E-state index is -3.63. The van der Waals surface area contributed by atoms with Crippen molar-refractivity contribution in [3.05, 3.63) is 39.9 Å². The van der Waals surface area contributed by atoms with E-state index in [1.165, 1.54) is 7.11 Å². The Morgan fingerprint density at radius 1 is 1.30 bits per heavy atom. The zero-order chi connectivity index (χ0) is 24.2. The molecule has 1 aliphatic rings. The van der Waals surface area contributed by atoms with Crippen LogP contribution in [0.3, 0.4) is 0 Å². The van der Waals surface area contributed by atoms with E-state index in [1.54, 1.807) is 18.2 Å². The van der Waals surface area contributed by atoms with Crippen molar-refractivity contribution in [2.24, 2.45) is 5.92 Å². The van der Waals surface area contributed by atoms with Gasteiger partial charge >= 0.3 is 6.01 Å². The fourth-order valence-corrected chi connectivity index (χ4v) is 5.78. The Morgan fingerprint density at radius 2 is 2.06 bits per heavy atom. The first-order valence-corrected chi connectivity index (χ1v) is 14.0. The summed E-state index contributed by atoms with van der Waals surface area (Å²) in [5, 5.41) is 4.44. The van der Waals surface area contributed by atoms with Crippen LogP contribution in [0.4, 0.5) is 11.6 Å². The topological polar surface area (TPSA) is 114 Å². The number of hydrogen-bond acceptors (Lipinski definition) is 8. The summed E-state index contributed by atoms with van der Waals surface area (Å²) in [5.74, 6) is 0.137. The highest BCUT2D eigenvalue weighted by Crippen LogP contribution is 2.33. The lowest BCUT2D eigenvalue weighted by molar-refractivity contribution is -0.123. The van der Waals surface area contributed by atoms with Crippen molar-refractivity contribution in [2.75, 3.05) is 36.7 Å². The van der Waals surface area contributed by atoms with Crippen LogP contribution in [0.5, 0.6) is 6.01 Å². The average Bonchev–Trinajstić information content (AvgIpc) is 2.74.